The van der Waals surface area contributed by atoms with Gasteiger partial charge in [0, 0.05) is 13.1 Å². The van der Waals surface area contributed by atoms with Crippen molar-refractivity contribution < 1.29 is 4.42 Å². The van der Waals surface area contributed by atoms with Gasteiger partial charge in [-0.3, -0.25) is 4.90 Å². The molecular weight excluding hydrogens is 202 g/mol. The third-order valence-electron chi connectivity index (χ3n) is 3.88. The van der Waals surface area contributed by atoms with Gasteiger partial charge >= 0.3 is 0 Å². The molecular formula is C12H19N3O. The van der Waals surface area contributed by atoms with Crippen molar-refractivity contribution in [2.45, 2.75) is 26.3 Å². The van der Waals surface area contributed by atoms with Gasteiger partial charge < -0.3 is 9.73 Å². The van der Waals surface area contributed by atoms with E-state index >= 15 is 0 Å². The molecule has 1 aromatic rings. The summed E-state index contributed by atoms with van der Waals surface area (Å²) in [6.45, 7) is 7.57. The summed E-state index contributed by atoms with van der Waals surface area (Å²) in [5.74, 6) is 1.77. The standard InChI is InChI=1S/C12H19N3O/c1-10-6-14-11(16-10)7-15-5-3-12(9-15)2-4-13-8-12/h6,13H,2-5,7-9H2,1H3. The van der Waals surface area contributed by atoms with E-state index in [0.717, 1.165) is 18.2 Å². The van der Waals surface area contributed by atoms with E-state index in [-0.39, 0.29) is 0 Å². The molecule has 2 aliphatic heterocycles. The third kappa shape index (κ3) is 1.87. The average molecular weight is 221 g/mol. The fourth-order valence-corrected chi connectivity index (χ4v) is 2.97. The van der Waals surface area contributed by atoms with Gasteiger partial charge in [-0.2, -0.15) is 0 Å². The predicted molar refractivity (Wildman–Crippen MR) is 61.1 cm³/mol. The van der Waals surface area contributed by atoms with Crippen LogP contribution in [0.25, 0.3) is 0 Å². The van der Waals surface area contributed by atoms with E-state index in [1.54, 1.807) is 6.20 Å². The highest BCUT2D eigenvalue weighted by molar-refractivity contribution is 4.97. The van der Waals surface area contributed by atoms with Crippen LogP contribution in [0.4, 0.5) is 0 Å². The number of hydrogen-bond acceptors (Lipinski definition) is 4. The summed E-state index contributed by atoms with van der Waals surface area (Å²) in [5.41, 5.74) is 0.543. The Bertz CT molecular complexity index is 368. The molecule has 0 amide bonds. The largest absolute Gasteiger partial charge is 0.445 e. The fourth-order valence-electron chi connectivity index (χ4n) is 2.97. The lowest BCUT2D eigenvalue weighted by Gasteiger charge is -2.21. The summed E-state index contributed by atoms with van der Waals surface area (Å²) in [6, 6.07) is 0. The van der Waals surface area contributed by atoms with E-state index in [1.165, 1.54) is 39.0 Å². The first kappa shape index (κ1) is 10.3. The normalized spacial score (nSPS) is 30.6. The minimum absolute atomic E-state index is 0.543. The second-order valence-corrected chi connectivity index (χ2v) is 5.25. The van der Waals surface area contributed by atoms with Gasteiger partial charge in [0.1, 0.15) is 5.76 Å². The van der Waals surface area contributed by atoms with E-state index in [2.05, 4.69) is 15.2 Å². The van der Waals surface area contributed by atoms with E-state index in [9.17, 15) is 0 Å². The molecule has 3 rings (SSSR count). The summed E-state index contributed by atoms with van der Waals surface area (Å²) in [5, 5.41) is 3.48. The third-order valence-corrected chi connectivity index (χ3v) is 3.88. The van der Waals surface area contributed by atoms with Crippen LogP contribution in [-0.2, 0) is 6.54 Å². The first-order valence-corrected chi connectivity index (χ1v) is 6.10. The van der Waals surface area contributed by atoms with Crippen molar-refractivity contribution >= 4 is 0 Å². The molecule has 1 N–H and O–H groups in total. The van der Waals surface area contributed by atoms with Crippen molar-refractivity contribution in [3.63, 3.8) is 0 Å². The number of nitrogens with zero attached hydrogens (tertiary/aromatic N) is 2. The van der Waals surface area contributed by atoms with Gasteiger partial charge in [0.05, 0.1) is 12.7 Å². The lowest BCUT2D eigenvalue weighted by molar-refractivity contribution is 0.246. The highest BCUT2D eigenvalue weighted by atomic mass is 16.4. The van der Waals surface area contributed by atoms with Crippen molar-refractivity contribution in [3.05, 3.63) is 17.8 Å². The van der Waals surface area contributed by atoms with Gasteiger partial charge in [-0.05, 0) is 38.3 Å². The Morgan fingerprint density at radius 3 is 3.19 bits per heavy atom. The van der Waals surface area contributed by atoms with Crippen molar-refractivity contribution in [2.75, 3.05) is 26.2 Å². The Kier molecular flexibility index (Phi) is 2.48. The molecule has 4 heteroatoms. The molecule has 3 heterocycles. The quantitative estimate of drug-likeness (QED) is 0.814. The average Bonchev–Trinajstić information content (AvgIpc) is 2.94. The molecule has 1 unspecified atom stereocenters. The maximum absolute atomic E-state index is 5.53. The Morgan fingerprint density at radius 1 is 1.56 bits per heavy atom. The van der Waals surface area contributed by atoms with Crippen LogP contribution in [-0.4, -0.2) is 36.1 Å². The Morgan fingerprint density at radius 2 is 2.50 bits per heavy atom. The molecule has 1 spiro atoms. The first-order valence-electron chi connectivity index (χ1n) is 6.10. The zero-order chi connectivity index (χ0) is 11.0. The molecule has 2 fully saturated rings. The van der Waals surface area contributed by atoms with Crippen LogP contribution >= 0.6 is 0 Å². The zero-order valence-corrected chi connectivity index (χ0v) is 9.83. The number of hydrogen-bond donors (Lipinski definition) is 1. The summed E-state index contributed by atoms with van der Waals surface area (Å²) >= 11 is 0. The summed E-state index contributed by atoms with van der Waals surface area (Å²) in [7, 11) is 0. The zero-order valence-electron chi connectivity index (χ0n) is 9.83. The smallest absolute Gasteiger partial charge is 0.208 e. The molecule has 0 saturated carbocycles. The maximum Gasteiger partial charge on any atom is 0.208 e. The number of aromatic nitrogens is 1. The van der Waals surface area contributed by atoms with Crippen LogP contribution in [0.2, 0.25) is 0 Å². The van der Waals surface area contributed by atoms with Crippen molar-refractivity contribution in [1.29, 1.82) is 0 Å². The molecule has 16 heavy (non-hydrogen) atoms. The van der Waals surface area contributed by atoms with Crippen LogP contribution in [0.3, 0.4) is 0 Å². The number of likely N-dealkylation sites (tertiary alicyclic amines) is 1. The van der Waals surface area contributed by atoms with Crippen LogP contribution in [0.1, 0.15) is 24.5 Å². The molecule has 0 aromatic carbocycles. The highest BCUT2D eigenvalue weighted by Crippen LogP contribution is 2.36. The number of nitrogens with one attached hydrogen (secondary N) is 1. The number of aryl methyl sites for hydroxylation is 1. The second-order valence-electron chi connectivity index (χ2n) is 5.25. The van der Waals surface area contributed by atoms with E-state index in [4.69, 9.17) is 4.42 Å². The van der Waals surface area contributed by atoms with Crippen molar-refractivity contribution in [3.8, 4) is 0 Å². The maximum atomic E-state index is 5.53. The molecule has 2 saturated heterocycles. The molecule has 0 radical (unpaired) electrons. The van der Waals surface area contributed by atoms with Gasteiger partial charge in [-0.15, -0.1) is 0 Å². The molecule has 1 atom stereocenters. The van der Waals surface area contributed by atoms with Gasteiger partial charge in [-0.1, -0.05) is 0 Å². The molecule has 4 nitrogen and oxygen atoms in total. The van der Waals surface area contributed by atoms with Gasteiger partial charge in [0.2, 0.25) is 5.89 Å². The summed E-state index contributed by atoms with van der Waals surface area (Å²) < 4.78 is 5.53. The molecule has 1 aromatic heterocycles. The molecule has 0 bridgehead atoms. The van der Waals surface area contributed by atoms with Crippen molar-refractivity contribution in [2.24, 2.45) is 5.41 Å². The minimum atomic E-state index is 0.543. The van der Waals surface area contributed by atoms with Gasteiger partial charge in [0.25, 0.3) is 0 Å². The van der Waals surface area contributed by atoms with E-state index in [0.29, 0.717) is 5.41 Å². The van der Waals surface area contributed by atoms with Crippen LogP contribution < -0.4 is 5.32 Å². The number of rotatable bonds is 2. The molecule has 2 aliphatic rings. The van der Waals surface area contributed by atoms with E-state index < -0.39 is 0 Å². The van der Waals surface area contributed by atoms with Crippen LogP contribution in [0.15, 0.2) is 10.6 Å². The highest BCUT2D eigenvalue weighted by Gasteiger charge is 2.40. The van der Waals surface area contributed by atoms with Crippen molar-refractivity contribution in [1.82, 2.24) is 15.2 Å². The minimum Gasteiger partial charge on any atom is -0.445 e. The molecule has 0 aliphatic carbocycles. The summed E-state index contributed by atoms with van der Waals surface area (Å²) in [6.07, 6.45) is 4.45. The van der Waals surface area contributed by atoms with Gasteiger partial charge in [-0.25, -0.2) is 4.98 Å². The SMILES string of the molecule is Cc1cnc(CN2CCC3(CCNC3)C2)o1. The van der Waals surface area contributed by atoms with Crippen LogP contribution in [0, 0.1) is 12.3 Å². The first-order chi connectivity index (χ1) is 7.76. The predicted octanol–water partition coefficient (Wildman–Crippen LogP) is 1.17. The molecule has 88 valence electrons. The topological polar surface area (TPSA) is 41.3 Å². The lowest BCUT2D eigenvalue weighted by Crippen LogP contribution is -2.29. The Balaban J connectivity index is 1.61. The van der Waals surface area contributed by atoms with Crippen LogP contribution in [0.5, 0.6) is 0 Å². The van der Waals surface area contributed by atoms with E-state index in [1.807, 2.05) is 6.92 Å². The van der Waals surface area contributed by atoms with Gasteiger partial charge in [0.15, 0.2) is 0 Å². The Labute approximate surface area is 96.0 Å². The lowest BCUT2D eigenvalue weighted by atomic mass is 9.87. The number of oxazole rings is 1. The second kappa shape index (κ2) is 3.86. The Hall–Kier alpha value is -0.870. The monoisotopic (exact) mass is 221 g/mol. The summed E-state index contributed by atoms with van der Waals surface area (Å²) in [4.78, 5) is 6.74. The fraction of sp³-hybridized carbons (Fsp3) is 0.750.